The number of aromatic nitrogens is 3. The van der Waals surface area contributed by atoms with Gasteiger partial charge in [0.2, 0.25) is 0 Å². The van der Waals surface area contributed by atoms with Gasteiger partial charge in [-0.15, -0.1) is 0 Å². The van der Waals surface area contributed by atoms with Crippen LogP contribution in [-0.4, -0.2) is 21.8 Å². The van der Waals surface area contributed by atoms with Crippen LogP contribution in [0, 0.1) is 6.92 Å². The molecule has 0 bridgehead atoms. The predicted octanol–water partition coefficient (Wildman–Crippen LogP) is 5.00. The average molecular weight is 329 g/mol. The highest BCUT2D eigenvalue weighted by atomic mass is 16.5. The van der Waals surface area contributed by atoms with E-state index in [1.54, 1.807) is 0 Å². The summed E-state index contributed by atoms with van der Waals surface area (Å²) in [7, 11) is 0. The van der Waals surface area contributed by atoms with Gasteiger partial charge in [0.25, 0.3) is 0 Å². The molecule has 0 saturated carbocycles. The second kappa shape index (κ2) is 6.40. The Labute approximate surface area is 146 Å². The molecule has 4 nitrogen and oxygen atoms in total. The van der Waals surface area contributed by atoms with E-state index in [0.717, 1.165) is 44.7 Å². The van der Waals surface area contributed by atoms with Gasteiger partial charge in [-0.05, 0) is 43.7 Å². The number of pyridine rings is 1. The van der Waals surface area contributed by atoms with Gasteiger partial charge >= 0.3 is 0 Å². The van der Waals surface area contributed by atoms with Crippen LogP contribution in [0.25, 0.3) is 33.3 Å². The summed E-state index contributed by atoms with van der Waals surface area (Å²) in [6, 6.07) is 18.4. The third kappa shape index (κ3) is 2.87. The van der Waals surface area contributed by atoms with E-state index in [2.05, 4.69) is 39.4 Å². The lowest BCUT2D eigenvalue weighted by molar-refractivity contribution is 0.340. The lowest BCUT2D eigenvalue weighted by Crippen LogP contribution is -1.92. The summed E-state index contributed by atoms with van der Waals surface area (Å²) in [4.78, 5) is 4.63. The first kappa shape index (κ1) is 15.4. The van der Waals surface area contributed by atoms with Crippen LogP contribution in [0.15, 0.2) is 60.8 Å². The molecule has 0 atom stereocenters. The van der Waals surface area contributed by atoms with Crippen LogP contribution in [0.4, 0.5) is 0 Å². The van der Waals surface area contributed by atoms with Crippen molar-refractivity contribution in [2.75, 3.05) is 6.61 Å². The van der Waals surface area contributed by atoms with Gasteiger partial charge in [0.15, 0.2) is 0 Å². The number of nitrogens with zero attached hydrogens (tertiary/aromatic N) is 2. The van der Waals surface area contributed by atoms with Crippen LogP contribution in [0.5, 0.6) is 5.75 Å². The number of hydrogen-bond donors (Lipinski definition) is 1. The van der Waals surface area contributed by atoms with Crippen LogP contribution in [0.1, 0.15) is 12.6 Å². The van der Waals surface area contributed by atoms with Crippen molar-refractivity contribution in [1.29, 1.82) is 0 Å². The molecule has 2 aromatic carbocycles. The fourth-order valence-electron chi connectivity index (χ4n) is 3.12. The zero-order valence-corrected chi connectivity index (χ0v) is 14.3. The number of rotatable bonds is 4. The summed E-state index contributed by atoms with van der Waals surface area (Å²) in [5.41, 5.74) is 6.27. The van der Waals surface area contributed by atoms with Crippen molar-refractivity contribution >= 4 is 10.9 Å². The molecule has 1 N–H and O–H groups in total. The monoisotopic (exact) mass is 329 g/mol. The molecule has 0 fully saturated rings. The van der Waals surface area contributed by atoms with Crippen molar-refractivity contribution in [1.82, 2.24) is 15.2 Å². The second-order valence-electron chi connectivity index (χ2n) is 5.94. The standard InChI is InChI=1S/C21H19N3O/c1-3-25-16-10-8-15(9-11-16)19-13-22-24-21(19)18-12-14(2)23-20-7-5-4-6-17(18)20/h4-13H,3H2,1-2H3,(H,22,24). The van der Waals surface area contributed by atoms with Crippen LogP contribution >= 0.6 is 0 Å². The molecule has 4 aromatic rings. The first-order valence-electron chi connectivity index (χ1n) is 8.39. The number of para-hydroxylation sites is 1. The van der Waals surface area contributed by atoms with Crippen LogP contribution in [0.2, 0.25) is 0 Å². The molecule has 4 rings (SSSR count). The van der Waals surface area contributed by atoms with Crippen molar-refractivity contribution in [3.05, 3.63) is 66.5 Å². The molecular formula is C21H19N3O. The number of aromatic amines is 1. The van der Waals surface area contributed by atoms with Gasteiger partial charge in [0.05, 0.1) is 24.0 Å². The largest absolute Gasteiger partial charge is 0.494 e. The van der Waals surface area contributed by atoms with Crippen molar-refractivity contribution in [2.45, 2.75) is 13.8 Å². The minimum atomic E-state index is 0.665. The minimum Gasteiger partial charge on any atom is -0.494 e. The number of aryl methyl sites for hydroxylation is 1. The maximum atomic E-state index is 5.53. The van der Waals surface area contributed by atoms with Gasteiger partial charge in [-0.1, -0.05) is 30.3 Å². The van der Waals surface area contributed by atoms with Crippen LogP contribution in [-0.2, 0) is 0 Å². The Morgan fingerprint density at radius 2 is 1.80 bits per heavy atom. The molecule has 0 unspecified atom stereocenters. The average Bonchev–Trinajstić information content (AvgIpc) is 3.11. The van der Waals surface area contributed by atoms with E-state index in [0.29, 0.717) is 6.61 Å². The maximum absolute atomic E-state index is 5.53. The Kier molecular flexibility index (Phi) is 3.94. The summed E-state index contributed by atoms with van der Waals surface area (Å²) in [5.74, 6) is 0.876. The molecule has 25 heavy (non-hydrogen) atoms. The van der Waals surface area contributed by atoms with Gasteiger partial charge in [-0.2, -0.15) is 5.10 Å². The van der Waals surface area contributed by atoms with Crippen molar-refractivity contribution in [3.8, 4) is 28.1 Å². The molecule has 0 saturated heterocycles. The summed E-state index contributed by atoms with van der Waals surface area (Å²) in [5, 5.41) is 8.58. The molecule has 0 amide bonds. The van der Waals surface area contributed by atoms with E-state index in [4.69, 9.17) is 4.74 Å². The Morgan fingerprint density at radius 1 is 1.00 bits per heavy atom. The van der Waals surface area contributed by atoms with Gasteiger partial charge in [0.1, 0.15) is 5.75 Å². The highest BCUT2D eigenvalue weighted by Crippen LogP contribution is 2.35. The SMILES string of the molecule is CCOc1ccc(-c2cn[nH]c2-c2cc(C)nc3ccccc23)cc1. The minimum absolute atomic E-state index is 0.665. The predicted molar refractivity (Wildman–Crippen MR) is 101 cm³/mol. The van der Waals surface area contributed by atoms with Crippen molar-refractivity contribution < 1.29 is 4.74 Å². The van der Waals surface area contributed by atoms with Gasteiger partial charge in [0, 0.05) is 22.2 Å². The maximum Gasteiger partial charge on any atom is 0.119 e. The number of ether oxygens (including phenoxy) is 1. The normalized spacial score (nSPS) is 11.0. The molecule has 0 aliphatic carbocycles. The molecule has 2 aromatic heterocycles. The Balaban J connectivity index is 1.85. The summed E-state index contributed by atoms with van der Waals surface area (Å²) in [6.07, 6.45) is 1.87. The molecule has 2 heterocycles. The number of fused-ring (bicyclic) bond motifs is 1. The van der Waals surface area contributed by atoms with E-state index in [-0.39, 0.29) is 0 Å². The molecular weight excluding hydrogens is 310 g/mol. The number of hydrogen-bond acceptors (Lipinski definition) is 3. The summed E-state index contributed by atoms with van der Waals surface area (Å²) in [6.45, 7) is 4.67. The first-order valence-corrected chi connectivity index (χ1v) is 8.39. The van der Waals surface area contributed by atoms with E-state index in [9.17, 15) is 0 Å². The third-order valence-corrected chi connectivity index (χ3v) is 4.23. The smallest absolute Gasteiger partial charge is 0.119 e. The van der Waals surface area contributed by atoms with Gasteiger partial charge in [-0.3, -0.25) is 10.1 Å². The van der Waals surface area contributed by atoms with Gasteiger partial charge in [-0.25, -0.2) is 0 Å². The Bertz CT molecular complexity index is 1020. The summed E-state index contributed by atoms with van der Waals surface area (Å²) >= 11 is 0. The third-order valence-electron chi connectivity index (χ3n) is 4.23. The fourth-order valence-corrected chi connectivity index (χ4v) is 3.12. The lowest BCUT2D eigenvalue weighted by Gasteiger charge is -2.09. The molecule has 0 aliphatic heterocycles. The molecule has 124 valence electrons. The van der Waals surface area contributed by atoms with E-state index < -0.39 is 0 Å². The van der Waals surface area contributed by atoms with Gasteiger partial charge < -0.3 is 4.74 Å². The topological polar surface area (TPSA) is 50.8 Å². The highest BCUT2D eigenvalue weighted by Gasteiger charge is 2.14. The van der Waals surface area contributed by atoms with Crippen molar-refractivity contribution in [3.63, 3.8) is 0 Å². The highest BCUT2D eigenvalue weighted by molar-refractivity contribution is 5.97. The van der Waals surface area contributed by atoms with Crippen molar-refractivity contribution in [2.24, 2.45) is 0 Å². The van der Waals surface area contributed by atoms with Crippen LogP contribution < -0.4 is 4.74 Å². The van der Waals surface area contributed by atoms with E-state index in [1.165, 1.54) is 0 Å². The number of benzene rings is 2. The zero-order chi connectivity index (χ0) is 17.2. The zero-order valence-electron chi connectivity index (χ0n) is 14.3. The first-order chi connectivity index (χ1) is 12.3. The molecule has 0 radical (unpaired) electrons. The second-order valence-corrected chi connectivity index (χ2v) is 5.94. The van der Waals surface area contributed by atoms with E-state index in [1.807, 2.05) is 50.4 Å². The molecule has 4 heteroatoms. The Hall–Kier alpha value is -3.14. The van der Waals surface area contributed by atoms with E-state index >= 15 is 0 Å². The quantitative estimate of drug-likeness (QED) is 0.573. The molecule has 0 spiro atoms. The molecule has 0 aliphatic rings. The Morgan fingerprint density at radius 3 is 2.60 bits per heavy atom. The number of H-pyrrole nitrogens is 1. The summed E-state index contributed by atoms with van der Waals surface area (Å²) < 4.78 is 5.53. The van der Waals surface area contributed by atoms with Crippen LogP contribution in [0.3, 0.4) is 0 Å². The lowest BCUT2D eigenvalue weighted by atomic mass is 9.98. The fraction of sp³-hybridized carbons (Fsp3) is 0.143. The number of nitrogens with one attached hydrogen (secondary N) is 1.